The third-order valence-electron chi connectivity index (χ3n) is 15.8. The molecule has 0 radical (unpaired) electrons. The van der Waals surface area contributed by atoms with E-state index in [1.165, 1.54) is 44.3 Å². The minimum atomic E-state index is -2.40. The van der Waals surface area contributed by atoms with Gasteiger partial charge in [-0.2, -0.15) is 0 Å². The number of hydrogen-bond acceptors (Lipinski definition) is 2. The lowest BCUT2D eigenvalue weighted by atomic mass is 9.32. The third kappa shape index (κ3) is 5.67. The summed E-state index contributed by atoms with van der Waals surface area (Å²) in [5, 5.41) is 0. The Balaban J connectivity index is 1.26. The first-order chi connectivity index (χ1) is 32.4. The highest BCUT2D eigenvalue weighted by Gasteiger charge is 2.50. The lowest BCUT2D eigenvalue weighted by Crippen LogP contribution is -2.62. The van der Waals surface area contributed by atoms with Crippen LogP contribution in [0.15, 0.2) is 170 Å². The van der Waals surface area contributed by atoms with Gasteiger partial charge in [0.05, 0.1) is 11.4 Å². The zero-order valence-electron chi connectivity index (χ0n) is 41.8. The molecule has 0 spiro atoms. The Morgan fingerprint density at radius 2 is 0.800 bits per heavy atom. The Labute approximate surface area is 390 Å². The average molecular weight is 844 g/mol. The van der Waals surface area contributed by atoms with Gasteiger partial charge in [0.2, 0.25) is 0 Å². The number of nitrogens with zero attached hydrogens (tertiary/aromatic N) is 2. The van der Waals surface area contributed by atoms with E-state index in [-0.39, 0.29) is 28.4 Å². The largest absolute Gasteiger partial charge is 0.311 e. The van der Waals surface area contributed by atoms with E-state index in [4.69, 9.17) is 0 Å². The zero-order chi connectivity index (χ0) is 47.3. The van der Waals surface area contributed by atoms with Crippen LogP contribution in [0, 0.1) is 6.85 Å². The maximum Gasteiger partial charge on any atom is 0.252 e. The number of hydrogen-bond donors (Lipinski definition) is 0. The Bertz CT molecular complexity index is 3380. The van der Waals surface area contributed by atoms with Crippen molar-refractivity contribution in [2.24, 2.45) is 0 Å². The van der Waals surface area contributed by atoms with Crippen molar-refractivity contribution >= 4 is 57.2 Å². The maximum absolute atomic E-state index is 9.20. The quantitative estimate of drug-likeness (QED) is 0.163. The molecule has 0 unspecified atom stereocenters. The van der Waals surface area contributed by atoms with Gasteiger partial charge in [0.25, 0.3) is 6.71 Å². The van der Waals surface area contributed by atoms with Gasteiger partial charge in [-0.05, 0) is 127 Å². The average Bonchev–Trinajstić information content (AvgIpc) is 3.51. The molecule has 0 fully saturated rings. The van der Waals surface area contributed by atoms with Gasteiger partial charge in [-0.15, -0.1) is 0 Å². The molecule has 0 saturated carbocycles. The smallest absolute Gasteiger partial charge is 0.252 e. The first-order valence-corrected chi connectivity index (χ1v) is 23.4. The van der Waals surface area contributed by atoms with E-state index >= 15 is 0 Å². The fourth-order valence-electron chi connectivity index (χ4n) is 13.0. The SMILES string of the molecule is [2H]C([2H])([2H])c1cc2c3c(c1)N(c1ccccc1-c1ccccc1)c1cc4c(cc1B3c1cc3c(cc1N2c1ccccc1-c1ccccc1)C(C)(C)CC3(C)C)C(C)(C)c1ccccc1C4(C)C. The molecule has 2 aliphatic carbocycles. The standard InChI is InChI=1S/C62H57BN2/c1-39-32-56-58-57(33-39)65(53-31-21-17-27-43(53)41-24-14-11-15-25-41)55-37-49-48(61(6,7)44-28-18-19-29-45(44)62(49,8)9)35-51(55)63(58)50-34-46-47(60(4,5)38-59(46,2)3)36-54(50)64(56)52-30-20-16-26-42(52)40-22-12-10-13-23-40/h10-37H,38H2,1-9H3/i1D3. The van der Waals surface area contributed by atoms with E-state index in [0.29, 0.717) is 5.56 Å². The first-order valence-electron chi connectivity index (χ1n) is 24.9. The second-order valence-corrected chi connectivity index (χ2v) is 21.5. The summed E-state index contributed by atoms with van der Waals surface area (Å²) in [5.74, 6) is 0. The molecule has 8 aromatic rings. The molecule has 2 aliphatic heterocycles. The lowest BCUT2D eigenvalue weighted by molar-refractivity contribution is 0.403. The van der Waals surface area contributed by atoms with Crippen LogP contribution >= 0.6 is 0 Å². The van der Waals surface area contributed by atoms with Crippen molar-refractivity contribution in [3.63, 3.8) is 0 Å². The Morgan fingerprint density at radius 3 is 1.29 bits per heavy atom. The van der Waals surface area contributed by atoms with Crippen molar-refractivity contribution in [1.29, 1.82) is 0 Å². The minimum Gasteiger partial charge on any atom is -0.311 e. The van der Waals surface area contributed by atoms with Crippen LogP contribution in [-0.2, 0) is 21.7 Å². The summed E-state index contributed by atoms with van der Waals surface area (Å²) in [6.07, 6.45) is 1.03. The van der Waals surface area contributed by atoms with E-state index < -0.39 is 6.85 Å². The number of anilines is 6. The van der Waals surface area contributed by atoms with Crippen molar-refractivity contribution in [3.8, 4) is 22.3 Å². The number of aryl methyl sites for hydroxylation is 1. The molecule has 0 N–H and O–H groups in total. The fourth-order valence-corrected chi connectivity index (χ4v) is 13.0. The van der Waals surface area contributed by atoms with Crippen LogP contribution in [0.25, 0.3) is 22.3 Å². The molecule has 65 heavy (non-hydrogen) atoms. The molecule has 0 atom stereocenters. The molecule has 0 aromatic heterocycles. The second kappa shape index (κ2) is 13.7. The lowest BCUT2D eigenvalue weighted by Gasteiger charge is -2.48. The molecule has 4 aliphatic rings. The summed E-state index contributed by atoms with van der Waals surface area (Å²) in [5.41, 5.74) is 21.7. The molecule has 8 aromatic carbocycles. The number of rotatable bonds is 4. The zero-order valence-corrected chi connectivity index (χ0v) is 38.8. The molecule has 2 heterocycles. The second-order valence-electron chi connectivity index (χ2n) is 21.5. The maximum atomic E-state index is 9.20. The van der Waals surface area contributed by atoms with E-state index in [1.807, 2.05) is 12.1 Å². The van der Waals surface area contributed by atoms with Crippen molar-refractivity contribution in [3.05, 3.63) is 209 Å². The Kier molecular flexibility index (Phi) is 7.75. The number of fused-ring (bicyclic) bond motifs is 7. The van der Waals surface area contributed by atoms with Gasteiger partial charge in [-0.25, -0.2) is 0 Å². The van der Waals surface area contributed by atoms with E-state index in [0.717, 1.165) is 68.3 Å². The van der Waals surface area contributed by atoms with Gasteiger partial charge in [0.1, 0.15) is 0 Å². The van der Waals surface area contributed by atoms with Crippen LogP contribution in [0.2, 0.25) is 0 Å². The molecular weight excluding hydrogens is 784 g/mol. The van der Waals surface area contributed by atoms with Crippen LogP contribution < -0.4 is 26.2 Å². The van der Waals surface area contributed by atoms with Crippen LogP contribution in [-0.4, -0.2) is 6.71 Å². The highest BCUT2D eigenvalue weighted by molar-refractivity contribution is 7.00. The van der Waals surface area contributed by atoms with Crippen molar-refractivity contribution in [1.82, 2.24) is 0 Å². The van der Waals surface area contributed by atoms with Crippen molar-refractivity contribution < 1.29 is 4.11 Å². The van der Waals surface area contributed by atoms with Crippen molar-refractivity contribution in [2.75, 3.05) is 9.80 Å². The summed E-state index contributed by atoms with van der Waals surface area (Å²) in [4.78, 5) is 4.86. The molecular formula is C62H57BN2. The van der Waals surface area contributed by atoms with Gasteiger partial charge in [0.15, 0.2) is 0 Å². The summed E-state index contributed by atoms with van der Waals surface area (Å²) in [6, 6.07) is 61.7. The van der Waals surface area contributed by atoms with Crippen LogP contribution in [0.4, 0.5) is 34.1 Å². The summed E-state index contributed by atoms with van der Waals surface area (Å²) in [7, 11) is 0. The van der Waals surface area contributed by atoms with Gasteiger partial charge in [0, 0.05) is 48.8 Å². The molecule has 0 bridgehead atoms. The fraction of sp³-hybridized carbons (Fsp3) is 0.226. The van der Waals surface area contributed by atoms with Gasteiger partial charge >= 0.3 is 0 Å². The van der Waals surface area contributed by atoms with Gasteiger partial charge in [-0.3, -0.25) is 0 Å². The number of para-hydroxylation sites is 2. The normalized spacial score (nSPS) is 18.2. The van der Waals surface area contributed by atoms with Gasteiger partial charge < -0.3 is 9.80 Å². The van der Waals surface area contributed by atoms with Gasteiger partial charge in [-0.1, -0.05) is 189 Å². The Hall–Kier alpha value is -6.58. The number of benzene rings is 8. The third-order valence-corrected chi connectivity index (χ3v) is 15.8. The highest BCUT2D eigenvalue weighted by atomic mass is 15.2. The molecule has 0 amide bonds. The van der Waals surface area contributed by atoms with Crippen LogP contribution in [0.3, 0.4) is 0 Å². The molecule has 0 saturated heterocycles. The molecule has 3 heteroatoms. The molecule has 318 valence electrons. The molecule has 12 rings (SSSR count). The topological polar surface area (TPSA) is 6.48 Å². The Morgan fingerprint density at radius 1 is 0.400 bits per heavy atom. The highest BCUT2D eigenvalue weighted by Crippen LogP contribution is 2.56. The predicted molar refractivity (Wildman–Crippen MR) is 277 cm³/mol. The monoisotopic (exact) mass is 843 g/mol. The van der Waals surface area contributed by atoms with Crippen LogP contribution in [0.1, 0.15) is 105 Å². The van der Waals surface area contributed by atoms with E-state index in [9.17, 15) is 4.11 Å². The van der Waals surface area contributed by atoms with Crippen LogP contribution in [0.5, 0.6) is 0 Å². The predicted octanol–water partition coefficient (Wildman–Crippen LogP) is 14.3. The molecule has 2 nitrogen and oxygen atoms in total. The minimum absolute atomic E-state index is 0.0569. The van der Waals surface area contributed by atoms with Crippen molar-refractivity contribution in [2.45, 2.75) is 90.3 Å². The summed E-state index contributed by atoms with van der Waals surface area (Å²) < 4.78 is 27.6. The van der Waals surface area contributed by atoms with E-state index in [1.54, 1.807) is 0 Å². The summed E-state index contributed by atoms with van der Waals surface area (Å²) >= 11 is 0. The van der Waals surface area contributed by atoms with E-state index in [2.05, 4.69) is 223 Å². The summed E-state index contributed by atoms with van der Waals surface area (Å²) in [6.45, 7) is 16.6. The first kappa shape index (κ1) is 36.7.